The van der Waals surface area contributed by atoms with Gasteiger partial charge in [-0.3, -0.25) is 0 Å². The van der Waals surface area contributed by atoms with Gasteiger partial charge in [-0.25, -0.2) is 0 Å². The van der Waals surface area contributed by atoms with Crippen molar-refractivity contribution in [3.8, 4) is 22.3 Å². The summed E-state index contributed by atoms with van der Waals surface area (Å²) in [7, 11) is -0.753. The second-order valence-corrected chi connectivity index (χ2v) is 16.0. The summed E-state index contributed by atoms with van der Waals surface area (Å²) in [6.07, 6.45) is 4.64. The highest BCUT2D eigenvalue weighted by atomic mass is 31.1. The van der Waals surface area contributed by atoms with E-state index >= 15 is 0 Å². The molecule has 2 heterocycles. The Morgan fingerprint density at radius 2 is 0.625 bits per heavy atom. The first-order valence-electron chi connectivity index (χ1n) is 14.4. The van der Waals surface area contributed by atoms with Gasteiger partial charge < -0.3 is 0 Å². The normalized spacial score (nSPS) is 14.9. The lowest BCUT2D eigenvalue weighted by molar-refractivity contribution is 1.32. The van der Waals surface area contributed by atoms with E-state index in [0.29, 0.717) is 0 Å². The van der Waals surface area contributed by atoms with Crippen molar-refractivity contribution in [3.63, 3.8) is 0 Å². The molecule has 7 rings (SSSR count). The van der Waals surface area contributed by atoms with Gasteiger partial charge in [-0.15, -0.1) is 0 Å². The molecule has 0 aromatic heterocycles. The minimum Gasteiger partial charge on any atom is -0.0656 e. The van der Waals surface area contributed by atoms with Gasteiger partial charge in [0.1, 0.15) is 0 Å². The third-order valence-corrected chi connectivity index (χ3v) is 14.2. The second kappa shape index (κ2) is 10.4. The molecule has 5 aromatic carbocycles. The lowest BCUT2D eigenvalue weighted by atomic mass is 9.90. The Labute approximate surface area is 242 Å². The van der Waals surface area contributed by atoms with E-state index < -0.39 is 0 Å². The van der Waals surface area contributed by atoms with Crippen LogP contribution in [0.2, 0.25) is 0 Å². The fourth-order valence-corrected chi connectivity index (χ4v) is 13.0. The zero-order chi connectivity index (χ0) is 27.4. The van der Waals surface area contributed by atoms with E-state index in [4.69, 9.17) is 0 Å². The molecule has 0 saturated heterocycles. The molecule has 40 heavy (non-hydrogen) atoms. The molecule has 2 aliphatic heterocycles. The van der Waals surface area contributed by atoms with Gasteiger partial charge in [-0.2, -0.15) is 0 Å². The van der Waals surface area contributed by atoms with Crippen LogP contribution in [0.15, 0.2) is 97.1 Å². The van der Waals surface area contributed by atoms with Crippen LogP contribution in [0.3, 0.4) is 0 Å². The molecule has 0 unspecified atom stereocenters. The van der Waals surface area contributed by atoms with E-state index in [1.807, 2.05) is 0 Å². The van der Waals surface area contributed by atoms with Gasteiger partial charge in [0.15, 0.2) is 0 Å². The first-order chi connectivity index (χ1) is 19.5. The van der Waals surface area contributed by atoms with Crippen molar-refractivity contribution >= 4 is 26.5 Å². The van der Waals surface area contributed by atoms with E-state index in [1.165, 1.54) is 66.8 Å². The quantitative estimate of drug-likeness (QED) is 0.191. The fourth-order valence-electron chi connectivity index (χ4n) is 7.15. The molecular formula is C38H36P2. The number of benzene rings is 5. The molecular weight excluding hydrogens is 518 g/mol. The molecule has 0 saturated carbocycles. The van der Waals surface area contributed by atoms with Crippen LogP contribution in [-0.4, -0.2) is 0 Å². The van der Waals surface area contributed by atoms with Crippen LogP contribution in [0.5, 0.6) is 0 Å². The Balaban J connectivity index is 1.37. The molecule has 0 spiro atoms. The van der Waals surface area contributed by atoms with Crippen LogP contribution in [0.25, 0.3) is 22.3 Å². The summed E-state index contributed by atoms with van der Waals surface area (Å²) in [5.41, 5.74) is 17.7. The average molecular weight is 555 g/mol. The molecule has 198 valence electrons. The van der Waals surface area contributed by atoms with Crippen LogP contribution >= 0.6 is 15.8 Å². The van der Waals surface area contributed by atoms with E-state index in [-0.39, 0.29) is 15.8 Å². The first-order valence-corrected chi connectivity index (χ1v) is 17.9. The summed E-state index contributed by atoms with van der Waals surface area (Å²) in [5, 5.41) is 3.27. The maximum atomic E-state index is 2.48. The average Bonchev–Trinajstić information content (AvgIpc) is 3.23. The van der Waals surface area contributed by atoms with Crippen LogP contribution in [0.4, 0.5) is 0 Å². The van der Waals surface area contributed by atoms with Gasteiger partial charge in [-0.05, 0) is 130 Å². The Hall–Kier alpha value is -3.04. The number of hydrogen-bond acceptors (Lipinski definition) is 0. The summed E-state index contributed by atoms with van der Waals surface area (Å²) in [6, 6.07) is 37.4. The van der Waals surface area contributed by atoms with Crippen molar-refractivity contribution in [1.29, 1.82) is 0 Å². The van der Waals surface area contributed by atoms with E-state index in [2.05, 4.69) is 125 Å². The number of rotatable bonds is 2. The lowest BCUT2D eigenvalue weighted by Gasteiger charge is -2.26. The molecule has 5 aromatic rings. The molecule has 0 radical (unpaired) electrons. The minimum absolute atomic E-state index is 0.377. The van der Waals surface area contributed by atoms with Crippen LogP contribution in [0, 0.1) is 27.7 Å². The topological polar surface area (TPSA) is 0 Å². The molecule has 0 aliphatic carbocycles. The molecule has 0 atom stereocenters. The molecule has 0 nitrogen and oxygen atoms in total. The summed E-state index contributed by atoms with van der Waals surface area (Å²) < 4.78 is 0. The summed E-state index contributed by atoms with van der Waals surface area (Å²) in [5.74, 6) is 0. The SMILES string of the molecule is Cc1cccc2c1-c1c(C)cccc1CP(c1ccccc1P1Cc3cccc(C)c3-c3c(C)cccc3C1)C2. The smallest absolute Gasteiger partial charge is 0.00233 e. The van der Waals surface area contributed by atoms with Crippen molar-refractivity contribution < 1.29 is 0 Å². The third-order valence-electron chi connectivity index (χ3n) is 8.94. The lowest BCUT2D eigenvalue weighted by Crippen LogP contribution is -2.23. The molecule has 0 fully saturated rings. The van der Waals surface area contributed by atoms with Crippen LogP contribution in [0.1, 0.15) is 44.5 Å². The highest BCUT2D eigenvalue weighted by Gasteiger charge is 2.30. The number of fused-ring (bicyclic) bond motifs is 6. The van der Waals surface area contributed by atoms with Gasteiger partial charge in [0.25, 0.3) is 0 Å². The third kappa shape index (κ3) is 4.38. The van der Waals surface area contributed by atoms with Gasteiger partial charge >= 0.3 is 0 Å². The number of hydrogen-bond donors (Lipinski definition) is 0. The summed E-state index contributed by atoms with van der Waals surface area (Å²) >= 11 is 0. The van der Waals surface area contributed by atoms with Crippen LogP contribution in [-0.2, 0) is 24.6 Å². The maximum absolute atomic E-state index is 2.48. The predicted molar refractivity (Wildman–Crippen MR) is 177 cm³/mol. The van der Waals surface area contributed by atoms with Gasteiger partial charge in [-0.1, -0.05) is 113 Å². The molecule has 0 N–H and O–H groups in total. The highest BCUT2D eigenvalue weighted by molar-refractivity contribution is 7.70. The van der Waals surface area contributed by atoms with E-state index in [1.54, 1.807) is 10.6 Å². The van der Waals surface area contributed by atoms with Crippen molar-refractivity contribution in [2.75, 3.05) is 0 Å². The zero-order valence-corrected chi connectivity index (χ0v) is 25.7. The van der Waals surface area contributed by atoms with Crippen molar-refractivity contribution in [2.45, 2.75) is 52.3 Å². The Bertz CT molecular complexity index is 1530. The van der Waals surface area contributed by atoms with Crippen molar-refractivity contribution in [2.24, 2.45) is 0 Å². The monoisotopic (exact) mass is 554 g/mol. The maximum Gasteiger partial charge on any atom is -0.00233 e. The Kier molecular flexibility index (Phi) is 6.74. The van der Waals surface area contributed by atoms with Crippen molar-refractivity contribution in [3.05, 3.63) is 142 Å². The summed E-state index contributed by atoms with van der Waals surface area (Å²) in [4.78, 5) is 0. The molecule has 0 amide bonds. The largest absolute Gasteiger partial charge is 0.0656 e. The van der Waals surface area contributed by atoms with Gasteiger partial charge in [0.05, 0.1) is 0 Å². The molecule has 2 heteroatoms. The Morgan fingerprint density at radius 1 is 0.350 bits per heavy atom. The van der Waals surface area contributed by atoms with E-state index in [0.717, 1.165) is 24.6 Å². The van der Waals surface area contributed by atoms with Gasteiger partial charge in [0.2, 0.25) is 0 Å². The van der Waals surface area contributed by atoms with Crippen molar-refractivity contribution in [1.82, 2.24) is 0 Å². The minimum atomic E-state index is -0.377. The summed E-state index contributed by atoms with van der Waals surface area (Å²) in [6.45, 7) is 9.18. The zero-order valence-electron chi connectivity index (χ0n) is 24.0. The first kappa shape index (κ1) is 25.9. The molecule has 2 aliphatic rings. The predicted octanol–water partition coefficient (Wildman–Crippen LogP) is 9.90. The Morgan fingerprint density at radius 3 is 0.900 bits per heavy atom. The highest BCUT2D eigenvalue weighted by Crippen LogP contribution is 2.55. The second-order valence-electron chi connectivity index (χ2n) is 11.6. The van der Waals surface area contributed by atoms with Crippen LogP contribution < -0.4 is 10.6 Å². The number of aryl methyl sites for hydroxylation is 4. The van der Waals surface area contributed by atoms with E-state index in [9.17, 15) is 0 Å². The molecule has 0 bridgehead atoms. The van der Waals surface area contributed by atoms with Gasteiger partial charge in [0, 0.05) is 0 Å². The standard InChI is InChI=1S/C38H36P2/c1-25-11-7-15-29-21-39(22-30-16-8-12-26(2)36(30)35(25)29)33-19-5-6-20-34(33)40-23-31-17-9-13-27(3)37(31)38-28(4)14-10-18-32(38)24-40/h5-20H,21-24H2,1-4H3. The fraction of sp³-hybridized carbons (Fsp3) is 0.211.